The SMILES string of the molecule is COc1ccc(C(=O)N(C)CCCNc2cc(=O)oc3ccccc23)cc1. The molecule has 0 atom stereocenters. The van der Waals surface area contributed by atoms with Crippen molar-refractivity contribution in [2.75, 3.05) is 32.6 Å². The summed E-state index contributed by atoms with van der Waals surface area (Å²) in [5.74, 6) is 0.682. The van der Waals surface area contributed by atoms with Crippen LogP contribution in [0.25, 0.3) is 11.0 Å². The highest BCUT2D eigenvalue weighted by Gasteiger charge is 2.11. The molecule has 0 aliphatic rings. The first-order chi connectivity index (χ1) is 13.1. The fourth-order valence-electron chi connectivity index (χ4n) is 2.85. The van der Waals surface area contributed by atoms with E-state index in [0.717, 1.165) is 23.2 Å². The van der Waals surface area contributed by atoms with Crippen LogP contribution in [-0.4, -0.2) is 38.1 Å². The van der Waals surface area contributed by atoms with Crippen molar-refractivity contribution in [3.05, 3.63) is 70.6 Å². The van der Waals surface area contributed by atoms with Crippen LogP contribution >= 0.6 is 0 Å². The van der Waals surface area contributed by atoms with Gasteiger partial charge in [-0.2, -0.15) is 0 Å². The van der Waals surface area contributed by atoms with E-state index in [2.05, 4.69) is 5.32 Å². The Morgan fingerprint density at radius 1 is 1.15 bits per heavy atom. The van der Waals surface area contributed by atoms with Gasteiger partial charge in [-0.25, -0.2) is 4.79 Å². The molecule has 1 heterocycles. The summed E-state index contributed by atoms with van der Waals surface area (Å²) in [5, 5.41) is 4.12. The van der Waals surface area contributed by atoms with E-state index in [9.17, 15) is 9.59 Å². The van der Waals surface area contributed by atoms with Crippen LogP contribution in [0.3, 0.4) is 0 Å². The Bertz CT molecular complexity index is 979. The molecule has 6 nitrogen and oxygen atoms in total. The molecule has 3 aromatic rings. The van der Waals surface area contributed by atoms with Gasteiger partial charge in [-0.15, -0.1) is 0 Å². The van der Waals surface area contributed by atoms with Crippen molar-refractivity contribution < 1.29 is 13.9 Å². The summed E-state index contributed by atoms with van der Waals surface area (Å²) >= 11 is 0. The number of ether oxygens (including phenoxy) is 1. The fourth-order valence-corrected chi connectivity index (χ4v) is 2.85. The van der Waals surface area contributed by atoms with Crippen molar-refractivity contribution in [1.82, 2.24) is 4.90 Å². The zero-order chi connectivity index (χ0) is 19.2. The van der Waals surface area contributed by atoms with Crippen LogP contribution in [-0.2, 0) is 0 Å². The normalized spacial score (nSPS) is 10.6. The van der Waals surface area contributed by atoms with Gasteiger partial charge in [-0.3, -0.25) is 4.79 Å². The second kappa shape index (κ2) is 8.40. The fraction of sp³-hybridized carbons (Fsp3) is 0.238. The Hall–Kier alpha value is -3.28. The minimum Gasteiger partial charge on any atom is -0.497 e. The Balaban J connectivity index is 1.55. The Morgan fingerprint density at radius 2 is 1.89 bits per heavy atom. The van der Waals surface area contributed by atoms with E-state index < -0.39 is 0 Å². The molecule has 27 heavy (non-hydrogen) atoms. The smallest absolute Gasteiger partial charge is 0.338 e. The second-order valence-corrected chi connectivity index (χ2v) is 6.21. The van der Waals surface area contributed by atoms with Gasteiger partial charge in [0.25, 0.3) is 5.91 Å². The summed E-state index contributed by atoms with van der Waals surface area (Å²) in [6, 6.07) is 15.9. The topological polar surface area (TPSA) is 71.8 Å². The average Bonchev–Trinajstić information content (AvgIpc) is 2.70. The maximum atomic E-state index is 12.4. The van der Waals surface area contributed by atoms with Gasteiger partial charge in [0.2, 0.25) is 0 Å². The van der Waals surface area contributed by atoms with E-state index in [1.807, 2.05) is 18.2 Å². The number of carbonyl (C=O) groups is 1. The van der Waals surface area contributed by atoms with Crippen LogP contribution in [0.2, 0.25) is 0 Å². The summed E-state index contributed by atoms with van der Waals surface area (Å²) in [7, 11) is 3.37. The summed E-state index contributed by atoms with van der Waals surface area (Å²) in [5.41, 5.74) is 1.53. The van der Waals surface area contributed by atoms with Crippen molar-refractivity contribution >= 4 is 22.6 Å². The molecule has 0 saturated heterocycles. The van der Waals surface area contributed by atoms with Gasteiger partial charge >= 0.3 is 5.63 Å². The lowest BCUT2D eigenvalue weighted by molar-refractivity contribution is 0.0794. The number of hydrogen-bond donors (Lipinski definition) is 1. The highest BCUT2D eigenvalue weighted by molar-refractivity contribution is 5.94. The van der Waals surface area contributed by atoms with E-state index in [1.165, 1.54) is 6.07 Å². The zero-order valence-electron chi connectivity index (χ0n) is 15.4. The van der Waals surface area contributed by atoms with Gasteiger partial charge in [0, 0.05) is 37.2 Å². The van der Waals surface area contributed by atoms with E-state index in [-0.39, 0.29) is 11.5 Å². The molecule has 6 heteroatoms. The van der Waals surface area contributed by atoms with E-state index >= 15 is 0 Å². The van der Waals surface area contributed by atoms with Crippen molar-refractivity contribution in [1.29, 1.82) is 0 Å². The van der Waals surface area contributed by atoms with Gasteiger partial charge in [0.15, 0.2) is 0 Å². The number of methoxy groups -OCH3 is 1. The summed E-state index contributed by atoms with van der Waals surface area (Å²) in [6.45, 7) is 1.23. The highest BCUT2D eigenvalue weighted by Crippen LogP contribution is 2.20. The van der Waals surface area contributed by atoms with Crippen molar-refractivity contribution in [3.8, 4) is 5.75 Å². The highest BCUT2D eigenvalue weighted by atomic mass is 16.5. The van der Waals surface area contributed by atoms with Crippen molar-refractivity contribution in [2.24, 2.45) is 0 Å². The van der Waals surface area contributed by atoms with Crippen LogP contribution < -0.4 is 15.7 Å². The molecule has 0 aliphatic heterocycles. The van der Waals surface area contributed by atoms with E-state index in [4.69, 9.17) is 9.15 Å². The number of fused-ring (bicyclic) bond motifs is 1. The third-order valence-electron chi connectivity index (χ3n) is 4.32. The second-order valence-electron chi connectivity index (χ2n) is 6.21. The van der Waals surface area contributed by atoms with Crippen LogP contribution in [0.15, 0.2) is 63.8 Å². The van der Waals surface area contributed by atoms with Gasteiger partial charge < -0.3 is 19.4 Å². The molecular weight excluding hydrogens is 344 g/mol. The first-order valence-electron chi connectivity index (χ1n) is 8.75. The molecule has 0 saturated carbocycles. The number of rotatable bonds is 7. The summed E-state index contributed by atoms with van der Waals surface area (Å²) < 4.78 is 10.3. The molecule has 2 aromatic carbocycles. The van der Waals surface area contributed by atoms with Crippen LogP contribution in [0.4, 0.5) is 5.69 Å². The van der Waals surface area contributed by atoms with Crippen molar-refractivity contribution in [2.45, 2.75) is 6.42 Å². The third-order valence-corrected chi connectivity index (χ3v) is 4.32. The van der Waals surface area contributed by atoms with E-state index in [0.29, 0.717) is 24.2 Å². The Labute approximate surface area is 157 Å². The third kappa shape index (κ3) is 4.47. The number of nitrogens with one attached hydrogen (secondary N) is 1. The molecule has 0 radical (unpaired) electrons. The lowest BCUT2D eigenvalue weighted by Crippen LogP contribution is -2.28. The molecule has 0 fully saturated rings. The molecule has 1 N–H and O–H groups in total. The molecular formula is C21H22N2O4. The number of para-hydroxylation sites is 1. The Kier molecular flexibility index (Phi) is 5.76. The van der Waals surface area contributed by atoms with Crippen LogP contribution in [0.1, 0.15) is 16.8 Å². The van der Waals surface area contributed by atoms with Gasteiger partial charge in [0.05, 0.1) is 12.8 Å². The number of nitrogens with zero attached hydrogens (tertiary/aromatic N) is 1. The number of carbonyl (C=O) groups excluding carboxylic acids is 1. The van der Waals surface area contributed by atoms with Crippen LogP contribution in [0, 0.1) is 0 Å². The van der Waals surface area contributed by atoms with Gasteiger partial charge in [-0.1, -0.05) is 12.1 Å². The molecule has 1 amide bonds. The molecule has 1 aromatic heterocycles. The number of amides is 1. The largest absolute Gasteiger partial charge is 0.497 e. The molecule has 0 aliphatic carbocycles. The molecule has 140 valence electrons. The average molecular weight is 366 g/mol. The maximum Gasteiger partial charge on any atom is 0.338 e. The predicted molar refractivity (Wildman–Crippen MR) is 106 cm³/mol. The van der Waals surface area contributed by atoms with Gasteiger partial charge in [-0.05, 0) is 42.8 Å². The Morgan fingerprint density at radius 3 is 2.63 bits per heavy atom. The quantitative estimate of drug-likeness (QED) is 0.513. The minimum absolute atomic E-state index is 0.0385. The molecule has 3 rings (SSSR count). The molecule has 0 unspecified atom stereocenters. The first kappa shape index (κ1) is 18.5. The van der Waals surface area contributed by atoms with Crippen molar-refractivity contribution in [3.63, 3.8) is 0 Å². The molecule has 0 bridgehead atoms. The van der Waals surface area contributed by atoms with Gasteiger partial charge in [0.1, 0.15) is 11.3 Å². The summed E-state index contributed by atoms with van der Waals surface area (Å²) in [4.78, 5) is 25.8. The number of hydrogen-bond acceptors (Lipinski definition) is 5. The monoisotopic (exact) mass is 366 g/mol. The summed E-state index contributed by atoms with van der Waals surface area (Å²) in [6.07, 6.45) is 0.743. The lowest BCUT2D eigenvalue weighted by Gasteiger charge is -2.18. The lowest BCUT2D eigenvalue weighted by atomic mass is 10.2. The standard InChI is InChI=1S/C21H22N2O4/c1-23(21(25)15-8-10-16(26-2)11-9-15)13-5-12-22-18-14-20(24)27-19-7-4-3-6-17(18)19/h3-4,6-11,14,22H,5,12-13H2,1-2H3. The number of benzene rings is 2. The number of anilines is 1. The first-order valence-corrected chi connectivity index (χ1v) is 8.75. The maximum absolute atomic E-state index is 12.4. The van der Waals surface area contributed by atoms with E-state index in [1.54, 1.807) is 49.4 Å². The van der Waals surface area contributed by atoms with Crippen LogP contribution in [0.5, 0.6) is 5.75 Å². The minimum atomic E-state index is -0.386. The zero-order valence-corrected chi connectivity index (χ0v) is 15.4. The molecule has 0 spiro atoms. The predicted octanol–water partition coefficient (Wildman–Crippen LogP) is 3.38.